The molecule has 0 spiro atoms. The number of rotatable bonds is 4. The molecule has 1 rings (SSSR count). The van der Waals surface area contributed by atoms with Gasteiger partial charge in [-0.25, -0.2) is 4.79 Å². The lowest BCUT2D eigenvalue weighted by atomic mass is 9.69. The van der Waals surface area contributed by atoms with Crippen molar-refractivity contribution < 1.29 is 24.2 Å². The van der Waals surface area contributed by atoms with Gasteiger partial charge in [0.25, 0.3) is 0 Å². The molecule has 0 aromatic heterocycles. The molecule has 0 aromatic rings. The first-order valence-electron chi connectivity index (χ1n) is 6.33. The number of aliphatic hydroxyl groups excluding tert-OH is 1. The number of esters is 1. The van der Waals surface area contributed by atoms with Gasteiger partial charge in [-0.3, -0.25) is 9.59 Å². The highest BCUT2D eigenvalue weighted by Gasteiger charge is 2.46. The van der Waals surface area contributed by atoms with Crippen molar-refractivity contribution in [3.8, 4) is 0 Å². The summed E-state index contributed by atoms with van der Waals surface area (Å²) < 4.78 is 4.64. The van der Waals surface area contributed by atoms with Crippen molar-refractivity contribution in [2.24, 2.45) is 11.3 Å². The smallest absolute Gasteiger partial charge is 0.337 e. The topological polar surface area (TPSA) is 80.7 Å². The molecule has 0 aromatic carbocycles. The van der Waals surface area contributed by atoms with Gasteiger partial charge >= 0.3 is 5.97 Å². The second-order valence-corrected chi connectivity index (χ2v) is 5.43. The molecule has 5 heteroatoms. The Balaban J connectivity index is 3.31. The van der Waals surface area contributed by atoms with Crippen LogP contribution in [-0.2, 0) is 19.1 Å². The molecule has 0 saturated carbocycles. The fourth-order valence-corrected chi connectivity index (χ4v) is 2.48. The van der Waals surface area contributed by atoms with Crippen LogP contribution in [0.3, 0.4) is 0 Å². The third kappa shape index (κ3) is 2.85. The number of carbonyl (C=O) groups is 3. The molecule has 106 valence electrons. The highest BCUT2D eigenvalue weighted by Crippen LogP contribution is 2.41. The predicted molar refractivity (Wildman–Crippen MR) is 68.5 cm³/mol. The zero-order chi connectivity index (χ0) is 14.8. The maximum Gasteiger partial charge on any atom is 0.337 e. The number of methoxy groups -OCH3 is 1. The summed E-state index contributed by atoms with van der Waals surface area (Å²) in [5, 5.41) is 10.2. The third-order valence-corrected chi connectivity index (χ3v) is 3.35. The zero-order valence-electron chi connectivity index (χ0n) is 11.8. The minimum absolute atomic E-state index is 0.0315. The fourth-order valence-electron chi connectivity index (χ4n) is 2.48. The first-order chi connectivity index (χ1) is 8.76. The lowest BCUT2D eigenvalue weighted by molar-refractivity contribution is -0.139. The molecule has 0 amide bonds. The van der Waals surface area contributed by atoms with Crippen LogP contribution in [0.15, 0.2) is 11.3 Å². The molecule has 0 heterocycles. The van der Waals surface area contributed by atoms with Crippen LogP contribution in [0.2, 0.25) is 0 Å². The number of aliphatic hydroxyl groups is 1. The molecule has 1 unspecified atom stereocenters. The van der Waals surface area contributed by atoms with Gasteiger partial charge in [0.15, 0.2) is 11.6 Å². The average molecular weight is 268 g/mol. The molecule has 1 aliphatic rings. The van der Waals surface area contributed by atoms with Crippen molar-refractivity contribution >= 4 is 17.5 Å². The number of ketones is 2. The van der Waals surface area contributed by atoms with E-state index in [4.69, 9.17) is 0 Å². The number of carbonyl (C=O) groups excluding carboxylic acids is 3. The molecule has 5 nitrogen and oxygen atoms in total. The Labute approximate surface area is 112 Å². The van der Waals surface area contributed by atoms with E-state index in [0.717, 1.165) is 0 Å². The maximum absolute atomic E-state index is 12.0. The summed E-state index contributed by atoms with van der Waals surface area (Å²) in [7, 11) is 1.21. The van der Waals surface area contributed by atoms with Gasteiger partial charge < -0.3 is 9.84 Å². The number of hydrogen-bond donors (Lipinski definition) is 1. The van der Waals surface area contributed by atoms with Crippen LogP contribution in [0.4, 0.5) is 0 Å². The van der Waals surface area contributed by atoms with Crippen LogP contribution >= 0.6 is 0 Å². The van der Waals surface area contributed by atoms with Crippen molar-refractivity contribution in [1.29, 1.82) is 0 Å². The van der Waals surface area contributed by atoms with E-state index >= 15 is 0 Å². The summed E-state index contributed by atoms with van der Waals surface area (Å²) >= 11 is 0. The maximum atomic E-state index is 12.0. The largest absolute Gasteiger partial charge is 0.510 e. The van der Waals surface area contributed by atoms with E-state index < -0.39 is 23.1 Å². The molecule has 0 aliphatic heterocycles. The van der Waals surface area contributed by atoms with Crippen LogP contribution in [0.5, 0.6) is 0 Å². The quantitative estimate of drug-likeness (QED) is 0.622. The number of Topliss-reactive ketones (excluding diaryl/α,β-unsaturated/α-hetero) is 2. The number of allylic oxidation sites excluding steroid dienone is 1. The van der Waals surface area contributed by atoms with E-state index in [0.29, 0.717) is 6.42 Å². The van der Waals surface area contributed by atoms with Crippen LogP contribution < -0.4 is 0 Å². The second-order valence-electron chi connectivity index (χ2n) is 5.43. The van der Waals surface area contributed by atoms with E-state index in [1.54, 1.807) is 13.8 Å². The summed E-state index contributed by atoms with van der Waals surface area (Å²) in [5.41, 5.74) is -0.791. The summed E-state index contributed by atoms with van der Waals surface area (Å²) in [4.78, 5) is 35.7. The van der Waals surface area contributed by atoms with E-state index in [1.807, 2.05) is 6.92 Å². The highest BCUT2D eigenvalue weighted by molar-refractivity contribution is 6.08. The predicted octanol–water partition coefficient (Wildman–Crippen LogP) is 1.96. The Morgan fingerprint density at radius 2 is 2.00 bits per heavy atom. The van der Waals surface area contributed by atoms with Crippen molar-refractivity contribution in [1.82, 2.24) is 0 Å². The molecule has 1 aliphatic carbocycles. The van der Waals surface area contributed by atoms with Crippen molar-refractivity contribution in [3.05, 3.63) is 11.3 Å². The summed E-state index contributed by atoms with van der Waals surface area (Å²) in [6, 6.07) is 0. The van der Waals surface area contributed by atoms with Gasteiger partial charge in [0.2, 0.25) is 0 Å². The SMILES string of the molecule is CCCC(=O)C1C(=O)CC(C)(C)C(C(=O)OC)=C1O. The van der Waals surface area contributed by atoms with Crippen molar-refractivity contribution in [3.63, 3.8) is 0 Å². The number of hydrogen-bond acceptors (Lipinski definition) is 5. The van der Waals surface area contributed by atoms with E-state index in [2.05, 4.69) is 4.74 Å². The first-order valence-corrected chi connectivity index (χ1v) is 6.33. The Kier molecular flexibility index (Phi) is 4.50. The lowest BCUT2D eigenvalue weighted by Gasteiger charge is -2.33. The fraction of sp³-hybridized carbons (Fsp3) is 0.643. The van der Waals surface area contributed by atoms with Crippen LogP contribution in [-0.4, -0.2) is 29.8 Å². The van der Waals surface area contributed by atoms with Gasteiger partial charge in [-0.1, -0.05) is 20.8 Å². The van der Waals surface area contributed by atoms with E-state index in [9.17, 15) is 19.5 Å². The van der Waals surface area contributed by atoms with Gasteiger partial charge in [0.05, 0.1) is 12.7 Å². The monoisotopic (exact) mass is 268 g/mol. The zero-order valence-corrected chi connectivity index (χ0v) is 11.8. The molecule has 0 radical (unpaired) electrons. The molecular formula is C14H20O5. The Bertz CT molecular complexity index is 445. The Hall–Kier alpha value is -1.65. The normalized spacial score (nSPS) is 22.3. The molecule has 0 fully saturated rings. The van der Waals surface area contributed by atoms with Gasteiger partial charge in [0, 0.05) is 18.3 Å². The molecule has 1 atom stereocenters. The third-order valence-electron chi connectivity index (χ3n) is 3.35. The second kappa shape index (κ2) is 5.55. The van der Waals surface area contributed by atoms with Crippen molar-refractivity contribution in [2.75, 3.05) is 7.11 Å². The Morgan fingerprint density at radius 3 is 2.47 bits per heavy atom. The van der Waals surface area contributed by atoms with Gasteiger partial charge in [0.1, 0.15) is 11.7 Å². The van der Waals surface area contributed by atoms with E-state index in [-0.39, 0.29) is 30.0 Å². The minimum atomic E-state index is -1.21. The van der Waals surface area contributed by atoms with Gasteiger partial charge in [-0.05, 0) is 6.42 Å². The molecule has 1 N–H and O–H groups in total. The van der Waals surface area contributed by atoms with Crippen LogP contribution in [0, 0.1) is 11.3 Å². The molecule has 19 heavy (non-hydrogen) atoms. The highest BCUT2D eigenvalue weighted by atomic mass is 16.5. The van der Waals surface area contributed by atoms with Gasteiger partial charge in [-0.2, -0.15) is 0 Å². The molecule has 0 saturated heterocycles. The molecule has 0 bridgehead atoms. The first kappa shape index (κ1) is 15.4. The lowest BCUT2D eigenvalue weighted by Crippen LogP contribution is -2.40. The summed E-state index contributed by atoms with van der Waals surface area (Å²) in [6.07, 6.45) is 0.837. The van der Waals surface area contributed by atoms with Gasteiger partial charge in [-0.15, -0.1) is 0 Å². The van der Waals surface area contributed by atoms with Crippen LogP contribution in [0.1, 0.15) is 40.0 Å². The summed E-state index contributed by atoms with van der Waals surface area (Å²) in [5.74, 6) is -3.02. The van der Waals surface area contributed by atoms with Crippen molar-refractivity contribution in [2.45, 2.75) is 40.0 Å². The Morgan fingerprint density at radius 1 is 1.42 bits per heavy atom. The average Bonchev–Trinajstić information content (AvgIpc) is 2.26. The standard InChI is InChI=1S/C14H20O5/c1-5-6-8(15)10-9(16)7-14(2,3)11(12(10)17)13(18)19-4/h10,17H,5-7H2,1-4H3. The minimum Gasteiger partial charge on any atom is -0.510 e. The molecular weight excluding hydrogens is 248 g/mol. The van der Waals surface area contributed by atoms with Crippen LogP contribution in [0.25, 0.3) is 0 Å². The number of ether oxygens (including phenoxy) is 1. The van der Waals surface area contributed by atoms with E-state index in [1.165, 1.54) is 7.11 Å². The summed E-state index contributed by atoms with van der Waals surface area (Å²) in [6.45, 7) is 5.17.